The number of hydrogen-bond donors (Lipinski definition) is 2. The van der Waals surface area contributed by atoms with Crippen LogP contribution >= 0.6 is 7.82 Å². The molecule has 0 rings (SSSR count). The highest BCUT2D eigenvalue weighted by molar-refractivity contribution is 7.47. The summed E-state index contributed by atoms with van der Waals surface area (Å²) >= 11 is 0. The highest BCUT2D eigenvalue weighted by Crippen LogP contribution is 2.43. The van der Waals surface area contributed by atoms with Crippen molar-refractivity contribution in [3.63, 3.8) is 0 Å². The maximum absolute atomic E-state index is 13.5. The first-order valence-electron chi connectivity index (χ1n) is 30.1. The zero-order valence-electron chi connectivity index (χ0n) is 47.9. The fourth-order valence-electron chi connectivity index (χ4n) is 8.51. The summed E-state index contributed by atoms with van der Waals surface area (Å²) in [5.74, 6) is -0.521. The Labute approximate surface area is 445 Å². The molecule has 0 aromatic carbocycles. The van der Waals surface area contributed by atoms with Crippen LogP contribution in [0.15, 0.2) is 60.8 Å². The van der Waals surface area contributed by atoms with Gasteiger partial charge in [0.15, 0.2) is 0 Å². The number of unbranched alkanes of at least 4 members (excludes halogenated alkanes) is 30. The van der Waals surface area contributed by atoms with Gasteiger partial charge in [-0.2, -0.15) is 0 Å². The maximum atomic E-state index is 13.5. The molecule has 0 heterocycles. The van der Waals surface area contributed by atoms with E-state index in [-0.39, 0.29) is 31.5 Å². The van der Waals surface area contributed by atoms with Gasteiger partial charge in [0, 0.05) is 12.8 Å². The van der Waals surface area contributed by atoms with Crippen LogP contribution < -0.4 is 5.32 Å². The summed E-state index contributed by atoms with van der Waals surface area (Å²) in [7, 11) is 1.48. The summed E-state index contributed by atoms with van der Waals surface area (Å²) in [6.07, 6.45) is 64.9. The normalized spacial score (nSPS) is 14.2. The van der Waals surface area contributed by atoms with Crippen LogP contribution in [0.25, 0.3) is 0 Å². The summed E-state index contributed by atoms with van der Waals surface area (Å²) in [5.41, 5.74) is 0. The van der Waals surface area contributed by atoms with Gasteiger partial charge >= 0.3 is 13.8 Å². The lowest BCUT2D eigenvalue weighted by atomic mass is 10.0. The molecule has 0 saturated carbocycles. The predicted octanol–water partition coefficient (Wildman–Crippen LogP) is 18.3. The van der Waals surface area contributed by atoms with Crippen LogP contribution in [0.2, 0.25) is 0 Å². The number of allylic oxidation sites excluding steroid dienone is 9. The predicted molar refractivity (Wildman–Crippen MR) is 309 cm³/mol. The Morgan fingerprint density at radius 2 is 0.847 bits per heavy atom. The number of amides is 1. The molecule has 0 aliphatic rings. The van der Waals surface area contributed by atoms with Gasteiger partial charge in [-0.15, -0.1) is 0 Å². The van der Waals surface area contributed by atoms with Crippen molar-refractivity contribution in [1.82, 2.24) is 5.32 Å². The minimum absolute atomic E-state index is 0.0359. The molecule has 0 aromatic rings. The van der Waals surface area contributed by atoms with Crippen LogP contribution in [0.5, 0.6) is 0 Å². The van der Waals surface area contributed by atoms with E-state index in [0.29, 0.717) is 17.4 Å². The molecule has 0 saturated heterocycles. The van der Waals surface area contributed by atoms with E-state index >= 15 is 0 Å². The average molecular weight is 1030 g/mol. The topological polar surface area (TPSA) is 111 Å². The number of nitrogens with one attached hydrogen (secondary N) is 1. The number of hydrogen-bond acceptors (Lipinski definition) is 6. The highest BCUT2D eigenvalue weighted by atomic mass is 31.2. The Morgan fingerprint density at radius 1 is 0.486 bits per heavy atom. The molecule has 420 valence electrons. The summed E-state index contributed by atoms with van der Waals surface area (Å²) in [6.45, 7) is 6.97. The molecule has 72 heavy (non-hydrogen) atoms. The molecule has 1 amide bonds. The third-order valence-corrected chi connectivity index (χ3v) is 14.2. The van der Waals surface area contributed by atoms with Crippen LogP contribution in [0.3, 0.4) is 0 Å². The van der Waals surface area contributed by atoms with Gasteiger partial charge in [-0.25, -0.2) is 4.57 Å². The van der Waals surface area contributed by atoms with Crippen molar-refractivity contribution >= 4 is 19.7 Å². The molecule has 0 radical (unpaired) electrons. The summed E-state index contributed by atoms with van der Waals surface area (Å²) in [6, 6.07) is -0.857. The molecule has 0 aromatic heterocycles. The smallest absolute Gasteiger partial charge is 0.456 e. The zero-order valence-corrected chi connectivity index (χ0v) is 48.8. The van der Waals surface area contributed by atoms with Gasteiger partial charge < -0.3 is 19.4 Å². The summed E-state index contributed by atoms with van der Waals surface area (Å²) in [5, 5.41) is 3.04. The molecule has 2 N–H and O–H groups in total. The number of likely N-dealkylation sites (N-methyl/N-ethyl adjacent to an activating group) is 1. The van der Waals surface area contributed by atoms with Crippen molar-refractivity contribution in [2.45, 2.75) is 283 Å². The van der Waals surface area contributed by atoms with E-state index in [1.165, 1.54) is 141 Å². The molecule has 0 spiro atoms. The lowest BCUT2D eigenvalue weighted by Crippen LogP contribution is -2.47. The van der Waals surface area contributed by atoms with Crippen molar-refractivity contribution in [2.75, 3.05) is 40.9 Å². The Balaban J connectivity index is 5.29. The van der Waals surface area contributed by atoms with Crippen LogP contribution in [-0.2, 0) is 27.9 Å². The standard InChI is InChI=1S/C62H115N2O7P/c1-7-10-13-16-19-22-25-28-29-30-31-32-33-34-35-37-39-42-45-48-51-54-61(65)63-59(58-70-72(67,68)69-57-56-64(4,5)6)60(53-50-47-44-41-38-27-24-21-18-15-12-9-3)71-62(66)55-52-49-46-43-40-36-26-23-20-17-14-11-8-2/h19,22,28-29,31-32,34-35,50,53,59-60H,7-18,20-21,23-27,30,33,36-49,51-52,54-58H2,1-6H3,(H-,63,65,67,68)/p+1/b22-19-,29-28-,32-31-,35-34-,53-50-. The van der Waals surface area contributed by atoms with Crippen molar-refractivity contribution in [1.29, 1.82) is 0 Å². The van der Waals surface area contributed by atoms with Gasteiger partial charge in [-0.05, 0) is 76.7 Å². The van der Waals surface area contributed by atoms with E-state index in [4.69, 9.17) is 13.8 Å². The Morgan fingerprint density at radius 3 is 1.29 bits per heavy atom. The third-order valence-electron chi connectivity index (χ3n) is 13.2. The molecule has 10 heteroatoms. The molecule has 0 bridgehead atoms. The van der Waals surface area contributed by atoms with Crippen molar-refractivity contribution in [3.8, 4) is 0 Å². The molecule has 3 unspecified atom stereocenters. The molecule has 3 atom stereocenters. The first-order chi connectivity index (χ1) is 34.9. The zero-order chi connectivity index (χ0) is 52.9. The second-order valence-corrected chi connectivity index (χ2v) is 23.0. The van der Waals surface area contributed by atoms with Crippen LogP contribution in [0, 0.1) is 0 Å². The van der Waals surface area contributed by atoms with E-state index < -0.39 is 20.0 Å². The van der Waals surface area contributed by atoms with Gasteiger partial charge in [0.1, 0.15) is 19.3 Å². The van der Waals surface area contributed by atoms with Gasteiger partial charge in [0.25, 0.3) is 0 Å². The Hall–Kier alpha value is -2.29. The van der Waals surface area contributed by atoms with Crippen LogP contribution in [0.4, 0.5) is 0 Å². The number of nitrogens with zero attached hydrogens (tertiary/aromatic N) is 1. The maximum Gasteiger partial charge on any atom is 0.472 e. The van der Waals surface area contributed by atoms with E-state index in [2.05, 4.69) is 74.7 Å². The van der Waals surface area contributed by atoms with Crippen LogP contribution in [0.1, 0.15) is 271 Å². The Kier molecular flexibility index (Phi) is 50.5. The van der Waals surface area contributed by atoms with Gasteiger partial charge in [-0.3, -0.25) is 18.6 Å². The summed E-state index contributed by atoms with van der Waals surface area (Å²) in [4.78, 5) is 37.6. The van der Waals surface area contributed by atoms with Gasteiger partial charge in [-0.1, -0.05) is 242 Å². The quantitative estimate of drug-likeness (QED) is 0.0205. The van der Waals surface area contributed by atoms with Gasteiger partial charge in [0.2, 0.25) is 5.91 Å². The lowest BCUT2D eigenvalue weighted by molar-refractivity contribution is -0.870. The first-order valence-corrected chi connectivity index (χ1v) is 31.6. The van der Waals surface area contributed by atoms with Crippen molar-refractivity contribution in [3.05, 3.63) is 60.8 Å². The number of phosphoric acid groups is 1. The molecule has 0 fully saturated rings. The molecule has 0 aliphatic heterocycles. The second-order valence-electron chi connectivity index (χ2n) is 21.5. The largest absolute Gasteiger partial charge is 0.472 e. The molecule has 9 nitrogen and oxygen atoms in total. The fourth-order valence-corrected chi connectivity index (χ4v) is 9.25. The number of phosphoric ester groups is 1. The Bertz CT molecular complexity index is 1420. The highest BCUT2D eigenvalue weighted by Gasteiger charge is 2.30. The van der Waals surface area contributed by atoms with Crippen molar-refractivity contribution < 1.29 is 37.3 Å². The monoisotopic (exact) mass is 1030 g/mol. The first kappa shape index (κ1) is 69.7. The number of carbonyl (C=O) groups excluding carboxylic acids is 2. The van der Waals surface area contributed by atoms with E-state index in [1.807, 2.05) is 33.3 Å². The number of quaternary nitrogens is 1. The minimum Gasteiger partial charge on any atom is -0.456 e. The van der Waals surface area contributed by atoms with E-state index in [9.17, 15) is 19.0 Å². The number of rotatable bonds is 54. The number of ether oxygens (including phenoxy) is 1. The number of carbonyl (C=O) groups is 2. The molecular weight excluding hydrogens is 916 g/mol. The lowest BCUT2D eigenvalue weighted by Gasteiger charge is -2.27. The fraction of sp³-hybridized carbons (Fsp3) is 0.806. The average Bonchev–Trinajstić information content (AvgIpc) is 3.34. The number of esters is 1. The van der Waals surface area contributed by atoms with Crippen molar-refractivity contribution in [2.24, 2.45) is 0 Å². The van der Waals surface area contributed by atoms with E-state index in [1.54, 1.807) is 0 Å². The minimum atomic E-state index is -4.45. The molecular formula is C62H116N2O7P+. The van der Waals surface area contributed by atoms with Crippen LogP contribution in [-0.4, -0.2) is 74.3 Å². The van der Waals surface area contributed by atoms with E-state index in [0.717, 1.165) is 96.3 Å². The molecule has 0 aliphatic carbocycles. The van der Waals surface area contributed by atoms with Gasteiger partial charge in [0.05, 0.1) is 33.8 Å². The second kappa shape index (κ2) is 52.2. The summed E-state index contributed by atoms with van der Waals surface area (Å²) < 4.78 is 30.6. The SMILES string of the molecule is CCCCC/C=C\C/C=C\C/C=C\C/C=C\CCCCCCCC(=O)NC(COP(=O)(O)OCC[N+](C)(C)C)C(/C=C\CCCCCCCCCCCC)OC(=O)CCCCCCCCCCCCCCC. The third kappa shape index (κ3) is 52.6.